The molecule has 0 aliphatic rings. The van der Waals surface area contributed by atoms with Gasteiger partial charge in [0, 0.05) is 31.2 Å². The van der Waals surface area contributed by atoms with E-state index in [0.717, 1.165) is 18.8 Å². The van der Waals surface area contributed by atoms with Gasteiger partial charge in [-0.25, -0.2) is 4.98 Å². The van der Waals surface area contributed by atoms with E-state index >= 15 is 0 Å². The Kier molecular flexibility index (Phi) is 5.17. The highest BCUT2D eigenvalue weighted by molar-refractivity contribution is 5.68. The minimum atomic E-state index is 0.668. The molecule has 136 valence electrons. The van der Waals surface area contributed by atoms with Crippen molar-refractivity contribution in [1.29, 1.82) is 5.26 Å². The first kappa shape index (κ1) is 17.6. The van der Waals surface area contributed by atoms with E-state index in [1.54, 1.807) is 6.20 Å². The van der Waals surface area contributed by atoms with Crippen LogP contribution in [0, 0.1) is 11.3 Å². The van der Waals surface area contributed by atoms with Gasteiger partial charge in [-0.05, 0) is 46.5 Å². The van der Waals surface area contributed by atoms with E-state index < -0.39 is 0 Å². The van der Waals surface area contributed by atoms with E-state index in [9.17, 15) is 0 Å². The number of hydrogen-bond donors (Lipinski definition) is 1. The topological polar surface area (TPSA) is 53.6 Å². The van der Waals surface area contributed by atoms with Gasteiger partial charge in [-0.1, -0.05) is 48.5 Å². The fourth-order valence-electron chi connectivity index (χ4n) is 3.20. The summed E-state index contributed by atoms with van der Waals surface area (Å²) in [7, 11) is 0. The Balaban J connectivity index is 1.49. The van der Waals surface area contributed by atoms with Crippen LogP contribution in [0.5, 0.6) is 0 Å². The molecule has 0 aliphatic carbocycles. The maximum absolute atomic E-state index is 8.92. The van der Waals surface area contributed by atoms with Crippen molar-refractivity contribution < 1.29 is 0 Å². The zero-order valence-electron chi connectivity index (χ0n) is 15.4. The number of nitrogens with one attached hydrogen (secondary N) is 1. The first-order valence-corrected chi connectivity index (χ1v) is 9.19. The third kappa shape index (κ3) is 4.11. The van der Waals surface area contributed by atoms with Crippen LogP contribution in [0.4, 0.5) is 5.69 Å². The SMILES string of the molecule is N#Cc1ccc(NCc2ccccc2-c2ccc(Cn3ccnc3)cc2)cc1. The Morgan fingerprint density at radius 1 is 0.929 bits per heavy atom. The minimum absolute atomic E-state index is 0.668. The summed E-state index contributed by atoms with van der Waals surface area (Å²) in [4.78, 5) is 4.09. The smallest absolute Gasteiger partial charge is 0.0991 e. The molecule has 4 rings (SSSR count). The number of nitrogens with zero attached hydrogens (tertiary/aromatic N) is 3. The fraction of sp³-hybridized carbons (Fsp3) is 0.0833. The van der Waals surface area contributed by atoms with Crippen molar-refractivity contribution in [3.8, 4) is 17.2 Å². The molecule has 1 aromatic heterocycles. The Labute approximate surface area is 164 Å². The second-order valence-corrected chi connectivity index (χ2v) is 6.63. The Morgan fingerprint density at radius 3 is 2.43 bits per heavy atom. The van der Waals surface area contributed by atoms with Gasteiger partial charge in [0.2, 0.25) is 0 Å². The molecule has 3 aromatic carbocycles. The molecular weight excluding hydrogens is 344 g/mol. The van der Waals surface area contributed by atoms with Crippen LogP contribution in [0.2, 0.25) is 0 Å². The lowest BCUT2D eigenvalue weighted by molar-refractivity contribution is 0.797. The van der Waals surface area contributed by atoms with Gasteiger partial charge in [-0.2, -0.15) is 5.26 Å². The summed E-state index contributed by atoms with van der Waals surface area (Å²) >= 11 is 0. The molecule has 0 bridgehead atoms. The second kappa shape index (κ2) is 8.24. The van der Waals surface area contributed by atoms with Crippen molar-refractivity contribution in [2.24, 2.45) is 0 Å². The van der Waals surface area contributed by atoms with E-state index in [0.29, 0.717) is 5.56 Å². The summed E-state index contributed by atoms with van der Waals surface area (Å²) < 4.78 is 2.06. The maximum atomic E-state index is 8.92. The molecule has 0 amide bonds. The highest BCUT2D eigenvalue weighted by Gasteiger charge is 2.05. The molecule has 0 fully saturated rings. The predicted octanol–water partition coefficient (Wildman–Crippen LogP) is 5.08. The summed E-state index contributed by atoms with van der Waals surface area (Å²) in [6.45, 7) is 1.54. The van der Waals surface area contributed by atoms with E-state index in [2.05, 4.69) is 69.5 Å². The summed E-state index contributed by atoms with van der Waals surface area (Å²) in [6, 6.07) is 26.8. The van der Waals surface area contributed by atoms with Gasteiger partial charge in [0.1, 0.15) is 0 Å². The maximum Gasteiger partial charge on any atom is 0.0991 e. The van der Waals surface area contributed by atoms with Crippen LogP contribution in [0.25, 0.3) is 11.1 Å². The van der Waals surface area contributed by atoms with Crippen molar-refractivity contribution in [2.45, 2.75) is 13.1 Å². The lowest BCUT2D eigenvalue weighted by Crippen LogP contribution is -2.01. The molecule has 0 aliphatic heterocycles. The van der Waals surface area contributed by atoms with Crippen LogP contribution in [0.3, 0.4) is 0 Å². The molecular formula is C24H20N4. The van der Waals surface area contributed by atoms with Crippen LogP contribution in [0.1, 0.15) is 16.7 Å². The number of rotatable bonds is 6. The van der Waals surface area contributed by atoms with E-state index in [-0.39, 0.29) is 0 Å². The van der Waals surface area contributed by atoms with E-state index in [1.807, 2.05) is 36.8 Å². The first-order valence-electron chi connectivity index (χ1n) is 9.19. The Hall–Kier alpha value is -3.84. The van der Waals surface area contributed by atoms with Crippen molar-refractivity contribution in [2.75, 3.05) is 5.32 Å². The third-order valence-corrected chi connectivity index (χ3v) is 4.70. The van der Waals surface area contributed by atoms with Crippen LogP contribution < -0.4 is 5.32 Å². The van der Waals surface area contributed by atoms with Crippen LogP contribution in [-0.2, 0) is 13.1 Å². The number of nitriles is 1. The van der Waals surface area contributed by atoms with Gasteiger partial charge in [-0.3, -0.25) is 0 Å². The summed E-state index contributed by atoms with van der Waals surface area (Å²) in [5, 5.41) is 12.4. The second-order valence-electron chi connectivity index (χ2n) is 6.63. The number of hydrogen-bond acceptors (Lipinski definition) is 3. The van der Waals surface area contributed by atoms with E-state index in [1.165, 1.54) is 22.3 Å². The highest BCUT2D eigenvalue weighted by atomic mass is 15.0. The van der Waals surface area contributed by atoms with Crippen molar-refractivity contribution in [3.63, 3.8) is 0 Å². The predicted molar refractivity (Wildman–Crippen MR) is 112 cm³/mol. The summed E-state index contributed by atoms with van der Waals surface area (Å²) in [6.07, 6.45) is 5.60. The lowest BCUT2D eigenvalue weighted by atomic mass is 9.98. The molecule has 4 heteroatoms. The van der Waals surface area contributed by atoms with Gasteiger partial charge in [0.05, 0.1) is 18.0 Å². The normalized spacial score (nSPS) is 10.4. The Morgan fingerprint density at radius 2 is 1.71 bits per heavy atom. The monoisotopic (exact) mass is 364 g/mol. The lowest BCUT2D eigenvalue weighted by Gasteiger charge is -2.12. The Bertz CT molecular complexity index is 1070. The third-order valence-electron chi connectivity index (χ3n) is 4.70. The highest BCUT2D eigenvalue weighted by Crippen LogP contribution is 2.25. The molecule has 4 aromatic rings. The molecule has 0 atom stereocenters. The largest absolute Gasteiger partial charge is 0.381 e. The van der Waals surface area contributed by atoms with E-state index in [4.69, 9.17) is 5.26 Å². The quantitative estimate of drug-likeness (QED) is 0.519. The number of benzene rings is 3. The number of anilines is 1. The molecule has 4 nitrogen and oxygen atoms in total. The van der Waals surface area contributed by atoms with Gasteiger partial charge >= 0.3 is 0 Å². The fourth-order valence-corrected chi connectivity index (χ4v) is 3.20. The van der Waals surface area contributed by atoms with Crippen molar-refractivity contribution in [3.05, 3.63) is 108 Å². The average Bonchev–Trinajstić information content (AvgIpc) is 3.26. The average molecular weight is 364 g/mol. The van der Waals surface area contributed by atoms with Crippen LogP contribution in [-0.4, -0.2) is 9.55 Å². The number of aromatic nitrogens is 2. The van der Waals surface area contributed by atoms with Crippen LogP contribution in [0.15, 0.2) is 91.5 Å². The van der Waals surface area contributed by atoms with Crippen LogP contribution >= 0.6 is 0 Å². The molecule has 28 heavy (non-hydrogen) atoms. The number of imidazole rings is 1. The molecule has 1 heterocycles. The van der Waals surface area contributed by atoms with Gasteiger partial charge < -0.3 is 9.88 Å². The first-order chi connectivity index (χ1) is 13.8. The molecule has 0 spiro atoms. The van der Waals surface area contributed by atoms with Crippen molar-refractivity contribution >= 4 is 5.69 Å². The molecule has 0 unspecified atom stereocenters. The van der Waals surface area contributed by atoms with Crippen molar-refractivity contribution in [1.82, 2.24) is 9.55 Å². The molecule has 0 saturated heterocycles. The summed E-state index contributed by atoms with van der Waals surface area (Å²) in [5.74, 6) is 0. The zero-order valence-corrected chi connectivity index (χ0v) is 15.4. The zero-order chi connectivity index (χ0) is 19.2. The minimum Gasteiger partial charge on any atom is -0.381 e. The standard InChI is InChI=1S/C24H20N4/c25-15-19-7-11-23(12-8-19)27-16-22-3-1-2-4-24(22)21-9-5-20(6-10-21)17-28-14-13-26-18-28/h1-14,18,27H,16-17H2. The molecule has 1 N–H and O–H groups in total. The molecule has 0 radical (unpaired) electrons. The molecule has 0 saturated carbocycles. The van der Waals surface area contributed by atoms with Gasteiger partial charge in [0.15, 0.2) is 0 Å². The van der Waals surface area contributed by atoms with Gasteiger partial charge in [0.25, 0.3) is 0 Å². The van der Waals surface area contributed by atoms with Gasteiger partial charge in [-0.15, -0.1) is 0 Å². The summed E-state index contributed by atoms with van der Waals surface area (Å²) in [5.41, 5.74) is 6.57.